The van der Waals surface area contributed by atoms with Crippen molar-refractivity contribution in [3.8, 4) is 11.5 Å². The van der Waals surface area contributed by atoms with Gasteiger partial charge < -0.3 is 14.4 Å². The number of thiocarbonyl (C=S) groups is 1. The number of rotatable bonds is 5. The molecule has 0 radical (unpaired) electrons. The molecule has 0 N–H and O–H groups in total. The molecule has 1 aliphatic heterocycles. The van der Waals surface area contributed by atoms with Gasteiger partial charge in [0, 0.05) is 23.1 Å². The van der Waals surface area contributed by atoms with Gasteiger partial charge in [0.2, 0.25) is 0 Å². The lowest BCUT2D eigenvalue weighted by Gasteiger charge is -2.32. The molecule has 27 heavy (non-hydrogen) atoms. The molecule has 0 aromatic heterocycles. The Morgan fingerprint density at radius 3 is 2.44 bits per heavy atom. The quantitative estimate of drug-likeness (QED) is 0.444. The molecular formula is C21H23Br2NO2S. The molecular weight excluding hydrogens is 490 g/mol. The molecule has 0 amide bonds. The number of ether oxygens (including phenoxy) is 2. The average molecular weight is 513 g/mol. The monoisotopic (exact) mass is 511 g/mol. The first-order valence-corrected chi connectivity index (χ1v) is 11.0. The lowest BCUT2D eigenvalue weighted by atomic mass is 9.99. The fraction of sp³-hybridized carbons (Fsp3) is 0.381. The number of hydrogen-bond donors (Lipinski definition) is 0. The smallest absolute Gasteiger partial charge is 0.175 e. The van der Waals surface area contributed by atoms with Crippen molar-refractivity contribution in [3.63, 3.8) is 0 Å². The Kier molecular flexibility index (Phi) is 7.17. The number of halogens is 2. The molecule has 2 aromatic carbocycles. The molecule has 6 heteroatoms. The van der Waals surface area contributed by atoms with E-state index in [1.807, 2.05) is 36.4 Å². The largest absolute Gasteiger partial charge is 0.493 e. The first-order valence-electron chi connectivity index (χ1n) is 9.02. The maximum Gasteiger partial charge on any atom is 0.175 e. The maximum atomic E-state index is 6.03. The van der Waals surface area contributed by atoms with E-state index in [0.717, 1.165) is 44.1 Å². The minimum Gasteiger partial charge on any atom is -0.493 e. The van der Waals surface area contributed by atoms with Crippen molar-refractivity contribution in [2.75, 3.05) is 20.2 Å². The van der Waals surface area contributed by atoms with Crippen LogP contribution in [0.1, 0.15) is 30.9 Å². The van der Waals surface area contributed by atoms with E-state index in [-0.39, 0.29) is 0 Å². The molecule has 1 saturated heterocycles. The van der Waals surface area contributed by atoms with Gasteiger partial charge in [0.1, 0.15) is 11.6 Å². The highest BCUT2D eigenvalue weighted by Crippen LogP contribution is 2.38. The zero-order chi connectivity index (χ0) is 19.4. The van der Waals surface area contributed by atoms with E-state index in [0.29, 0.717) is 18.1 Å². The maximum absolute atomic E-state index is 6.03. The molecule has 0 atom stereocenters. The van der Waals surface area contributed by atoms with Crippen molar-refractivity contribution in [3.05, 3.63) is 56.5 Å². The van der Waals surface area contributed by atoms with Crippen molar-refractivity contribution >= 4 is 49.1 Å². The van der Waals surface area contributed by atoms with Crippen LogP contribution >= 0.6 is 44.1 Å². The Bertz CT molecular complexity index is 803. The lowest BCUT2D eigenvalue weighted by Crippen LogP contribution is -2.37. The highest BCUT2D eigenvalue weighted by molar-refractivity contribution is 9.10. The summed E-state index contributed by atoms with van der Waals surface area (Å²) in [5.41, 5.74) is 2.08. The summed E-state index contributed by atoms with van der Waals surface area (Å²) in [6.07, 6.45) is 2.37. The van der Waals surface area contributed by atoms with Crippen LogP contribution in [-0.4, -0.2) is 30.1 Å². The van der Waals surface area contributed by atoms with Crippen molar-refractivity contribution in [1.82, 2.24) is 4.90 Å². The van der Waals surface area contributed by atoms with Crippen molar-refractivity contribution in [2.24, 2.45) is 5.92 Å². The number of methoxy groups -OCH3 is 1. The molecule has 3 rings (SSSR count). The second kappa shape index (κ2) is 9.39. The van der Waals surface area contributed by atoms with Crippen LogP contribution < -0.4 is 9.47 Å². The first kappa shape index (κ1) is 20.6. The number of likely N-dealkylation sites (tertiary alicyclic amines) is 1. The molecule has 1 heterocycles. The van der Waals surface area contributed by atoms with Gasteiger partial charge in [-0.05, 0) is 64.5 Å². The average Bonchev–Trinajstić information content (AvgIpc) is 2.67. The SMILES string of the molecule is COc1cc(C(=S)N2CCC(C)CC2)cc(Br)c1OCc1ccc(Br)cc1. The van der Waals surface area contributed by atoms with Gasteiger partial charge in [-0.3, -0.25) is 0 Å². The van der Waals surface area contributed by atoms with Crippen LogP contribution in [0.2, 0.25) is 0 Å². The fourth-order valence-electron chi connectivity index (χ4n) is 3.11. The predicted molar refractivity (Wildman–Crippen MR) is 121 cm³/mol. The molecule has 0 aliphatic carbocycles. The van der Waals surface area contributed by atoms with E-state index in [9.17, 15) is 0 Å². The Morgan fingerprint density at radius 2 is 1.81 bits per heavy atom. The van der Waals surface area contributed by atoms with Gasteiger partial charge in [-0.15, -0.1) is 0 Å². The third-order valence-electron chi connectivity index (χ3n) is 4.84. The summed E-state index contributed by atoms with van der Waals surface area (Å²) in [5.74, 6) is 2.16. The zero-order valence-corrected chi connectivity index (χ0v) is 19.5. The zero-order valence-electron chi connectivity index (χ0n) is 15.5. The van der Waals surface area contributed by atoms with Gasteiger partial charge in [-0.25, -0.2) is 0 Å². The molecule has 0 spiro atoms. The van der Waals surface area contributed by atoms with Crippen LogP contribution in [0.4, 0.5) is 0 Å². The summed E-state index contributed by atoms with van der Waals surface area (Å²) in [6.45, 7) is 4.80. The van der Waals surface area contributed by atoms with Crippen LogP contribution in [-0.2, 0) is 6.61 Å². The van der Waals surface area contributed by atoms with Gasteiger partial charge >= 0.3 is 0 Å². The van der Waals surface area contributed by atoms with Gasteiger partial charge in [-0.2, -0.15) is 0 Å². The van der Waals surface area contributed by atoms with Crippen LogP contribution in [0.3, 0.4) is 0 Å². The van der Waals surface area contributed by atoms with Crippen LogP contribution in [0, 0.1) is 5.92 Å². The molecule has 2 aromatic rings. The summed E-state index contributed by atoms with van der Waals surface area (Å²) in [4.78, 5) is 3.17. The summed E-state index contributed by atoms with van der Waals surface area (Å²) in [5, 5.41) is 0. The molecule has 0 bridgehead atoms. The van der Waals surface area contributed by atoms with Gasteiger partial charge in [0.15, 0.2) is 11.5 Å². The third-order valence-corrected chi connectivity index (χ3v) is 6.46. The second-order valence-electron chi connectivity index (χ2n) is 6.88. The van der Waals surface area contributed by atoms with E-state index >= 15 is 0 Å². The second-order valence-corrected chi connectivity index (χ2v) is 9.04. The molecule has 0 saturated carbocycles. The number of piperidine rings is 1. The standard InChI is InChI=1S/C21H23Br2NO2S/c1-14-7-9-24(10-8-14)21(27)16-11-18(23)20(19(12-16)25-2)26-13-15-3-5-17(22)6-4-15/h3-6,11-12,14H,7-10,13H2,1-2H3. The van der Waals surface area contributed by atoms with Crippen molar-refractivity contribution < 1.29 is 9.47 Å². The number of nitrogens with zero attached hydrogens (tertiary/aromatic N) is 1. The van der Waals surface area contributed by atoms with E-state index in [2.05, 4.69) is 43.7 Å². The Balaban J connectivity index is 1.76. The summed E-state index contributed by atoms with van der Waals surface area (Å²) in [6, 6.07) is 12.1. The highest BCUT2D eigenvalue weighted by atomic mass is 79.9. The van der Waals surface area contributed by atoms with E-state index in [4.69, 9.17) is 21.7 Å². The molecule has 3 nitrogen and oxygen atoms in total. The van der Waals surface area contributed by atoms with E-state index < -0.39 is 0 Å². The topological polar surface area (TPSA) is 21.7 Å². The summed E-state index contributed by atoms with van der Waals surface area (Å²) in [7, 11) is 1.66. The normalized spacial score (nSPS) is 14.9. The molecule has 1 fully saturated rings. The molecule has 1 aliphatic rings. The van der Waals surface area contributed by atoms with Gasteiger partial charge in [-0.1, -0.05) is 47.2 Å². The summed E-state index contributed by atoms with van der Waals surface area (Å²) < 4.78 is 13.5. The minimum absolute atomic E-state index is 0.468. The Morgan fingerprint density at radius 1 is 1.15 bits per heavy atom. The Hall–Kier alpha value is -1.11. The van der Waals surface area contributed by atoms with Crippen molar-refractivity contribution in [1.29, 1.82) is 0 Å². The summed E-state index contributed by atoms with van der Waals surface area (Å²) >= 11 is 12.8. The van der Waals surface area contributed by atoms with Crippen LogP contribution in [0.15, 0.2) is 45.3 Å². The highest BCUT2D eigenvalue weighted by Gasteiger charge is 2.21. The third kappa shape index (κ3) is 5.24. The minimum atomic E-state index is 0.468. The number of benzene rings is 2. The van der Waals surface area contributed by atoms with Gasteiger partial charge in [0.05, 0.1) is 11.6 Å². The van der Waals surface area contributed by atoms with E-state index in [1.54, 1.807) is 7.11 Å². The predicted octanol–water partition coefficient (Wildman–Crippen LogP) is 6.21. The molecule has 0 unspecified atom stereocenters. The number of hydrogen-bond acceptors (Lipinski definition) is 3. The van der Waals surface area contributed by atoms with E-state index in [1.165, 1.54) is 12.8 Å². The van der Waals surface area contributed by atoms with Crippen molar-refractivity contribution in [2.45, 2.75) is 26.4 Å². The fourth-order valence-corrected chi connectivity index (χ4v) is 4.24. The van der Waals surface area contributed by atoms with Crippen LogP contribution in [0.5, 0.6) is 11.5 Å². The lowest BCUT2D eigenvalue weighted by molar-refractivity contribution is 0.281. The first-order chi connectivity index (χ1) is 13.0. The molecule has 144 valence electrons. The van der Waals surface area contributed by atoms with Crippen LogP contribution in [0.25, 0.3) is 0 Å². The van der Waals surface area contributed by atoms with Gasteiger partial charge in [0.25, 0.3) is 0 Å². The Labute approximate surface area is 183 Å².